The van der Waals surface area contributed by atoms with Crippen molar-refractivity contribution in [2.75, 3.05) is 0 Å². The van der Waals surface area contributed by atoms with Crippen LogP contribution in [0, 0.1) is 0 Å². The molecule has 1 aromatic carbocycles. The maximum Gasteiger partial charge on any atom is 0.239 e. The monoisotopic (exact) mass is 234 g/mol. The normalized spacial score (nSPS) is 11.8. The van der Waals surface area contributed by atoms with Crippen LogP contribution in [0.25, 0.3) is 0 Å². The molecule has 0 aliphatic carbocycles. The Hall–Kier alpha value is -1.84. The van der Waals surface area contributed by atoms with Crippen LogP contribution in [0.4, 0.5) is 0 Å². The highest BCUT2D eigenvalue weighted by molar-refractivity contribution is 5.86. The Kier molecular flexibility index (Phi) is 5.20. The van der Waals surface area contributed by atoms with Crippen molar-refractivity contribution in [2.45, 2.75) is 32.2 Å². The zero-order valence-corrected chi connectivity index (χ0v) is 9.98. The lowest BCUT2D eigenvalue weighted by Gasteiger charge is -2.12. The number of hydrogen-bond donors (Lipinski definition) is 2. The molecule has 17 heavy (non-hydrogen) atoms. The van der Waals surface area contributed by atoms with Gasteiger partial charge >= 0.3 is 0 Å². The first-order valence-corrected chi connectivity index (χ1v) is 5.76. The van der Waals surface area contributed by atoms with Gasteiger partial charge in [-0.2, -0.15) is 0 Å². The molecular weight excluding hydrogens is 216 g/mol. The van der Waals surface area contributed by atoms with Crippen LogP contribution in [0.3, 0.4) is 0 Å². The van der Waals surface area contributed by atoms with Crippen LogP contribution in [0.2, 0.25) is 0 Å². The van der Waals surface area contributed by atoms with Crippen molar-refractivity contribution in [3.05, 3.63) is 35.9 Å². The highest BCUT2D eigenvalue weighted by Gasteiger charge is 2.15. The van der Waals surface area contributed by atoms with Crippen LogP contribution in [0.15, 0.2) is 30.3 Å². The summed E-state index contributed by atoms with van der Waals surface area (Å²) in [6.45, 7) is 1.81. The zero-order valence-electron chi connectivity index (χ0n) is 9.98. The first-order valence-electron chi connectivity index (χ1n) is 5.76. The molecule has 0 radical (unpaired) electrons. The number of aryl methyl sites for hydroxylation is 1. The fraction of sp³-hybridized carbons (Fsp3) is 0.385. The highest BCUT2D eigenvalue weighted by Crippen LogP contribution is 2.02. The van der Waals surface area contributed by atoms with Crippen LogP contribution in [0.1, 0.15) is 25.3 Å². The van der Waals surface area contributed by atoms with Crippen molar-refractivity contribution in [3.63, 3.8) is 0 Å². The van der Waals surface area contributed by atoms with Crippen molar-refractivity contribution in [2.24, 2.45) is 5.73 Å². The lowest BCUT2D eigenvalue weighted by Crippen LogP contribution is -2.44. The Labute approximate surface area is 101 Å². The molecule has 0 bridgehead atoms. The molecule has 1 rings (SSSR count). The third kappa shape index (κ3) is 4.68. The number of carbonyl (C=O) groups is 2. The standard InChI is InChI=1S/C13H18N2O2/c1-2-11(13(14)17)15-12(16)9-8-10-6-4-3-5-7-10/h3-7,11H,2,8-9H2,1H3,(H2,14,17)(H,15,16). The van der Waals surface area contributed by atoms with E-state index in [0.717, 1.165) is 5.56 Å². The Balaban J connectivity index is 2.37. The Morgan fingerprint density at radius 1 is 1.29 bits per heavy atom. The SMILES string of the molecule is CCC(NC(=O)CCc1ccccc1)C(N)=O. The summed E-state index contributed by atoms with van der Waals surface area (Å²) in [6, 6.07) is 9.19. The van der Waals surface area contributed by atoms with Gasteiger partial charge in [0.05, 0.1) is 0 Å². The van der Waals surface area contributed by atoms with Crippen molar-refractivity contribution < 1.29 is 9.59 Å². The summed E-state index contributed by atoms with van der Waals surface area (Å²) < 4.78 is 0. The largest absolute Gasteiger partial charge is 0.368 e. The van der Waals surface area contributed by atoms with Gasteiger partial charge in [0.25, 0.3) is 0 Å². The predicted octanol–water partition coefficient (Wildman–Crippen LogP) is 0.999. The van der Waals surface area contributed by atoms with E-state index in [2.05, 4.69) is 5.32 Å². The first kappa shape index (κ1) is 13.2. The molecule has 4 nitrogen and oxygen atoms in total. The Morgan fingerprint density at radius 2 is 1.94 bits per heavy atom. The second-order valence-corrected chi connectivity index (χ2v) is 3.92. The second kappa shape index (κ2) is 6.68. The number of rotatable bonds is 6. The van der Waals surface area contributed by atoms with Crippen LogP contribution in [0.5, 0.6) is 0 Å². The maximum absolute atomic E-state index is 11.6. The van der Waals surface area contributed by atoms with Gasteiger partial charge in [0, 0.05) is 6.42 Å². The summed E-state index contributed by atoms with van der Waals surface area (Å²) in [4.78, 5) is 22.5. The summed E-state index contributed by atoms with van der Waals surface area (Å²) in [6.07, 6.45) is 1.56. The molecule has 0 heterocycles. The van der Waals surface area contributed by atoms with E-state index >= 15 is 0 Å². The van der Waals surface area contributed by atoms with Gasteiger partial charge in [-0.25, -0.2) is 0 Å². The van der Waals surface area contributed by atoms with Crippen molar-refractivity contribution in [1.29, 1.82) is 0 Å². The fourth-order valence-electron chi connectivity index (χ4n) is 1.54. The molecule has 0 saturated carbocycles. The van der Waals surface area contributed by atoms with Crippen molar-refractivity contribution in [3.8, 4) is 0 Å². The van der Waals surface area contributed by atoms with Gasteiger partial charge < -0.3 is 11.1 Å². The van der Waals surface area contributed by atoms with Gasteiger partial charge in [0.15, 0.2) is 0 Å². The number of hydrogen-bond acceptors (Lipinski definition) is 2. The number of nitrogens with one attached hydrogen (secondary N) is 1. The average molecular weight is 234 g/mol. The molecule has 0 saturated heterocycles. The predicted molar refractivity (Wildman–Crippen MR) is 66.2 cm³/mol. The molecule has 4 heteroatoms. The van der Waals surface area contributed by atoms with E-state index in [4.69, 9.17) is 5.73 Å². The fourth-order valence-corrected chi connectivity index (χ4v) is 1.54. The molecule has 0 aliphatic rings. The number of primary amides is 1. The minimum Gasteiger partial charge on any atom is -0.368 e. The van der Waals surface area contributed by atoms with Gasteiger partial charge in [-0.3, -0.25) is 9.59 Å². The minimum atomic E-state index is -0.557. The van der Waals surface area contributed by atoms with Gasteiger partial charge in [-0.1, -0.05) is 37.3 Å². The molecule has 1 aromatic rings. The van der Waals surface area contributed by atoms with E-state index in [1.165, 1.54) is 0 Å². The summed E-state index contributed by atoms with van der Waals surface area (Å²) >= 11 is 0. The average Bonchev–Trinajstić information content (AvgIpc) is 2.34. The van der Waals surface area contributed by atoms with E-state index < -0.39 is 11.9 Å². The zero-order chi connectivity index (χ0) is 12.7. The van der Waals surface area contributed by atoms with Crippen LogP contribution in [-0.2, 0) is 16.0 Å². The van der Waals surface area contributed by atoms with Crippen LogP contribution < -0.4 is 11.1 Å². The lowest BCUT2D eigenvalue weighted by molar-refractivity contribution is -0.127. The molecule has 1 unspecified atom stereocenters. The molecule has 3 N–H and O–H groups in total. The smallest absolute Gasteiger partial charge is 0.239 e. The second-order valence-electron chi connectivity index (χ2n) is 3.92. The Bertz CT molecular complexity index is 376. The van der Waals surface area contributed by atoms with E-state index in [1.54, 1.807) is 0 Å². The van der Waals surface area contributed by atoms with Gasteiger partial charge in [0.2, 0.25) is 11.8 Å². The summed E-state index contributed by atoms with van der Waals surface area (Å²) in [7, 11) is 0. The quantitative estimate of drug-likeness (QED) is 0.770. The summed E-state index contributed by atoms with van der Waals surface area (Å²) in [5.74, 6) is -0.625. The number of nitrogens with two attached hydrogens (primary N) is 1. The third-order valence-electron chi connectivity index (χ3n) is 2.57. The number of amides is 2. The molecule has 92 valence electrons. The van der Waals surface area contributed by atoms with E-state index in [0.29, 0.717) is 19.3 Å². The van der Waals surface area contributed by atoms with E-state index in [-0.39, 0.29) is 5.91 Å². The lowest BCUT2D eigenvalue weighted by atomic mass is 10.1. The Morgan fingerprint density at radius 3 is 2.47 bits per heavy atom. The van der Waals surface area contributed by atoms with Gasteiger partial charge in [-0.05, 0) is 18.4 Å². The van der Waals surface area contributed by atoms with Gasteiger partial charge in [-0.15, -0.1) is 0 Å². The summed E-state index contributed by atoms with van der Waals surface area (Å²) in [5, 5.41) is 2.62. The summed E-state index contributed by atoms with van der Waals surface area (Å²) in [5.41, 5.74) is 6.26. The molecule has 0 aliphatic heterocycles. The molecule has 0 fully saturated rings. The molecule has 2 amide bonds. The van der Waals surface area contributed by atoms with E-state index in [9.17, 15) is 9.59 Å². The van der Waals surface area contributed by atoms with Crippen LogP contribution in [-0.4, -0.2) is 17.9 Å². The van der Waals surface area contributed by atoms with Crippen molar-refractivity contribution in [1.82, 2.24) is 5.32 Å². The highest BCUT2D eigenvalue weighted by atomic mass is 16.2. The molecular formula is C13H18N2O2. The van der Waals surface area contributed by atoms with Crippen molar-refractivity contribution >= 4 is 11.8 Å². The van der Waals surface area contributed by atoms with Crippen LogP contribution >= 0.6 is 0 Å². The maximum atomic E-state index is 11.6. The molecule has 0 spiro atoms. The number of carbonyl (C=O) groups excluding carboxylic acids is 2. The van der Waals surface area contributed by atoms with E-state index in [1.807, 2.05) is 37.3 Å². The van der Waals surface area contributed by atoms with Gasteiger partial charge in [0.1, 0.15) is 6.04 Å². The molecule has 0 aromatic heterocycles. The minimum absolute atomic E-state index is 0.139. The topological polar surface area (TPSA) is 72.2 Å². The first-order chi connectivity index (χ1) is 8.13. The molecule has 1 atom stereocenters. The third-order valence-corrected chi connectivity index (χ3v) is 2.57. The number of benzene rings is 1.